The Labute approximate surface area is 185 Å². The number of hydrogen-bond donors (Lipinski definition) is 3. The van der Waals surface area contributed by atoms with Crippen LogP contribution in [-0.4, -0.2) is 49.6 Å². The zero-order valence-corrected chi connectivity index (χ0v) is 19.9. The zero-order chi connectivity index (χ0) is 23.4. The van der Waals surface area contributed by atoms with Gasteiger partial charge in [0.15, 0.2) is 6.16 Å². The number of rotatable bonds is 12. The molecule has 174 valence electrons. The van der Waals surface area contributed by atoms with Crippen molar-refractivity contribution >= 4 is 25.5 Å². The van der Waals surface area contributed by atoms with Crippen molar-refractivity contribution in [3.63, 3.8) is 0 Å². The molecule has 0 radical (unpaired) electrons. The van der Waals surface area contributed by atoms with Gasteiger partial charge in [0.1, 0.15) is 5.60 Å². The van der Waals surface area contributed by atoms with Crippen molar-refractivity contribution in [2.24, 2.45) is 0 Å². The summed E-state index contributed by atoms with van der Waals surface area (Å²) in [5, 5.41) is 5.46. The Morgan fingerprint density at radius 3 is 2.35 bits per heavy atom. The lowest BCUT2D eigenvalue weighted by atomic mass is 10.0. The number of carbonyl (C=O) groups excluding carboxylic acids is 2. The van der Waals surface area contributed by atoms with Gasteiger partial charge in [-0.2, -0.15) is 0 Å². The third-order valence-electron chi connectivity index (χ3n) is 3.90. The van der Waals surface area contributed by atoms with Gasteiger partial charge in [-0.15, -0.1) is 0 Å². The predicted molar refractivity (Wildman–Crippen MR) is 120 cm³/mol. The molecule has 0 aliphatic heterocycles. The van der Waals surface area contributed by atoms with Gasteiger partial charge in [0, 0.05) is 5.69 Å². The molecule has 10 heteroatoms. The van der Waals surface area contributed by atoms with Gasteiger partial charge in [0.05, 0.1) is 32.2 Å². The zero-order valence-electron chi connectivity index (χ0n) is 19.0. The predicted octanol–water partition coefficient (Wildman–Crippen LogP) is 3.52. The van der Waals surface area contributed by atoms with Gasteiger partial charge in [0.25, 0.3) is 0 Å². The molecule has 1 aromatic rings. The van der Waals surface area contributed by atoms with Crippen LogP contribution in [0, 0.1) is 0 Å². The highest BCUT2D eigenvalue weighted by Crippen LogP contribution is 2.29. The molecule has 9 nitrogen and oxygen atoms in total. The largest absolute Gasteiger partial charge is 0.444 e. The van der Waals surface area contributed by atoms with Crippen molar-refractivity contribution in [1.29, 1.82) is 0 Å². The number of anilines is 1. The summed E-state index contributed by atoms with van der Waals surface area (Å²) in [7, 11) is -1.80. The molecule has 0 aromatic heterocycles. The molecular formula is C21H35N3O6P+. The van der Waals surface area contributed by atoms with E-state index in [9.17, 15) is 14.2 Å². The monoisotopic (exact) mass is 456 g/mol. The quantitative estimate of drug-likeness (QED) is 0.249. The minimum absolute atomic E-state index is 0.0279. The SMILES string of the molecule is CCOC(OCC)[P+](=O)CCNC(=O)C[C@H](NC(=O)OC(C)(C)C)c1cccc(N)c1. The molecule has 2 amide bonds. The normalized spacial score (nSPS) is 12.9. The summed E-state index contributed by atoms with van der Waals surface area (Å²) in [5.74, 6) is -0.309. The maximum absolute atomic E-state index is 12.5. The molecule has 0 aliphatic rings. The number of alkyl carbamates (subject to hydrolysis) is 1. The van der Waals surface area contributed by atoms with E-state index < -0.39 is 31.6 Å². The van der Waals surface area contributed by atoms with E-state index in [-0.39, 0.29) is 25.0 Å². The molecule has 0 heterocycles. The Hall–Kier alpha value is -2.22. The Kier molecular flexibility index (Phi) is 11.5. The number of hydrogen-bond acceptors (Lipinski definition) is 7. The molecule has 0 saturated heterocycles. The Morgan fingerprint density at radius 1 is 1.16 bits per heavy atom. The van der Waals surface area contributed by atoms with Gasteiger partial charge < -0.3 is 30.6 Å². The van der Waals surface area contributed by atoms with Crippen LogP contribution >= 0.6 is 7.80 Å². The van der Waals surface area contributed by atoms with E-state index in [0.717, 1.165) is 0 Å². The van der Waals surface area contributed by atoms with Crippen LogP contribution in [-0.2, 0) is 23.6 Å². The number of benzene rings is 1. The molecule has 2 atom stereocenters. The Morgan fingerprint density at radius 2 is 1.81 bits per heavy atom. The van der Waals surface area contributed by atoms with E-state index in [4.69, 9.17) is 19.9 Å². The smallest absolute Gasteiger partial charge is 0.408 e. The first-order valence-corrected chi connectivity index (χ1v) is 11.9. The van der Waals surface area contributed by atoms with Crippen LogP contribution in [0.1, 0.15) is 52.6 Å². The van der Waals surface area contributed by atoms with Crippen LogP contribution < -0.4 is 16.4 Å². The van der Waals surface area contributed by atoms with Gasteiger partial charge in [0.2, 0.25) is 5.91 Å². The number of nitrogens with one attached hydrogen (secondary N) is 2. The van der Waals surface area contributed by atoms with Crippen LogP contribution in [0.3, 0.4) is 0 Å². The summed E-state index contributed by atoms with van der Waals surface area (Å²) in [6.07, 6.45) is -0.444. The molecule has 31 heavy (non-hydrogen) atoms. The number of nitrogens with two attached hydrogens (primary N) is 1. The van der Waals surface area contributed by atoms with E-state index in [1.807, 2.05) is 0 Å². The van der Waals surface area contributed by atoms with E-state index in [1.165, 1.54) is 0 Å². The number of amides is 2. The molecule has 0 saturated carbocycles. The second kappa shape index (κ2) is 13.2. The summed E-state index contributed by atoms with van der Waals surface area (Å²) < 4.78 is 28.3. The standard InChI is InChI=1S/C21H34N3O6P/c1-6-28-20(29-7-2)31(27)12-11-23-18(25)14-17(15-9-8-10-16(22)13-15)24-19(26)30-21(3,4)5/h8-10,13,17,20H,6-7,11-12,14,22H2,1-5H3,(H-,23,24,25,26)/p+1/t17-/m0/s1. The number of carbonyl (C=O) groups is 2. The maximum Gasteiger partial charge on any atom is 0.408 e. The summed E-state index contributed by atoms with van der Waals surface area (Å²) in [6, 6.07) is 5.52. The van der Waals surface area contributed by atoms with Crippen molar-refractivity contribution in [1.82, 2.24) is 10.6 Å². The van der Waals surface area contributed by atoms with Gasteiger partial charge >= 0.3 is 19.9 Å². The van der Waals surface area contributed by atoms with Crippen LogP contribution in [0.15, 0.2) is 24.3 Å². The summed E-state index contributed by atoms with van der Waals surface area (Å²) in [4.78, 5) is 24.7. The van der Waals surface area contributed by atoms with E-state index >= 15 is 0 Å². The van der Waals surface area contributed by atoms with E-state index in [0.29, 0.717) is 24.5 Å². The first-order chi connectivity index (χ1) is 14.6. The van der Waals surface area contributed by atoms with Gasteiger partial charge in [-0.25, -0.2) is 4.79 Å². The minimum Gasteiger partial charge on any atom is -0.444 e. The van der Waals surface area contributed by atoms with Crippen LogP contribution in [0.5, 0.6) is 0 Å². The van der Waals surface area contributed by atoms with E-state index in [2.05, 4.69) is 10.6 Å². The Bertz CT molecular complexity index is 732. The second-order valence-electron chi connectivity index (χ2n) is 7.78. The lowest BCUT2D eigenvalue weighted by Gasteiger charge is -2.24. The Balaban J connectivity index is 2.70. The lowest BCUT2D eigenvalue weighted by Crippen LogP contribution is -2.37. The first-order valence-electron chi connectivity index (χ1n) is 10.3. The number of nitrogen functional groups attached to an aromatic ring is 1. The molecule has 1 unspecified atom stereocenters. The molecular weight excluding hydrogens is 421 g/mol. The van der Waals surface area contributed by atoms with Crippen LogP contribution in [0.2, 0.25) is 0 Å². The first kappa shape index (κ1) is 26.8. The van der Waals surface area contributed by atoms with E-state index in [1.54, 1.807) is 58.9 Å². The molecule has 0 spiro atoms. The summed E-state index contributed by atoms with van der Waals surface area (Å²) >= 11 is 0. The summed E-state index contributed by atoms with van der Waals surface area (Å²) in [5.41, 5.74) is 6.38. The molecule has 0 aliphatic carbocycles. The van der Waals surface area contributed by atoms with Crippen molar-refractivity contribution in [3.8, 4) is 0 Å². The highest BCUT2D eigenvalue weighted by Gasteiger charge is 2.31. The van der Waals surface area contributed by atoms with Crippen molar-refractivity contribution < 1.29 is 28.4 Å². The topological polar surface area (TPSA) is 129 Å². The second-order valence-corrected chi connectivity index (χ2v) is 9.48. The van der Waals surface area contributed by atoms with Crippen molar-refractivity contribution in [2.45, 2.75) is 58.7 Å². The van der Waals surface area contributed by atoms with Gasteiger partial charge in [-0.1, -0.05) is 16.7 Å². The average Bonchev–Trinajstić information content (AvgIpc) is 2.65. The van der Waals surface area contributed by atoms with Crippen molar-refractivity contribution in [2.75, 3.05) is 31.7 Å². The molecule has 4 N–H and O–H groups in total. The number of ether oxygens (including phenoxy) is 3. The fourth-order valence-corrected chi connectivity index (χ4v) is 3.82. The third kappa shape index (κ3) is 11.1. The fourth-order valence-electron chi connectivity index (χ4n) is 2.65. The third-order valence-corrected chi connectivity index (χ3v) is 5.33. The molecule has 1 aromatic carbocycles. The molecule has 1 rings (SSSR count). The highest BCUT2D eigenvalue weighted by molar-refractivity contribution is 7.45. The lowest BCUT2D eigenvalue weighted by molar-refractivity contribution is -0.121. The maximum atomic E-state index is 12.5. The van der Waals surface area contributed by atoms with Crippen LogP contribution in [0.25, 0.3) is 0 Å². The van der Waals surface area contributed by atoms with Crippen LogP contribution in [0.4, 0.5) is 10.5 Å². The average molecular weight is 457 g/mol. The van der Waals surface area contributed by atoms with Crippen molar-refractivity contribution in [3.05, 3.63) is 29.8 Å². The fraction of sp³-hybridized carbons (Fsp3) is 0.619. The van der Waals surface area contributed by atoms with Gasteiger partial charge in [-0.05, 0) is 52.3 Å². The summed E-state index contributed by atoms with van der Waals surface area (Å²) in [6.45, 7) is 9.83. The minimum atomic E-state index is -1.80. The molecule has 0 bridgehead atoms. The van der Waals surface area contributed by atoms with Gasteiger partial charge in [-0.3, -0.25) is 4.79 Å². The highest BCUT2D eigenvalue weighted by atomic mass is 31.1. The molecule has 0 fully saturated rings.